The van der Waals surface area contributed by atoms with E-state index in [1.54, 1.807) is 0 Å². The molecule has 2 heterocycles. The molecule has 1 aromatic rings. The van der Waals surface area contributed by atoms with E-state index in [1.165, 1.54) is 18.1 Å². The van der Waals surface area contributed by atoms with Crippen molar-refractivity contribution in [2.75, 3.05) is 23.4 Å². The smallest absolute Gasteiger partial charge is 0.322 e. The molecule has 10 N–H and O–H groups in total. The number of aliphatic imine (C=N–C) groups is 1. The van der Waals surface area contributed by atoms with Gasteiger partial charge < -0.3 is 42.6 Å². The predicted molar refractivity (Wildman–Crippen MR) is 116 cm³/mol. The van der Waals surface area contributed by atoms with E-state index in [-0.39, 0.29) is 30.6 Å². The lowest BCUT2D eigenvalue weighted by Gasteiger charge is -2.20. The second-order valence-electron chi connectivity index (χ2n) is 6.90. The molecular weight excluding hydrogens is 444 g/mol. The molecule has 0 aliphatic carbocycles. The molecule has 3 atom stereocenters. The van der Waals surface area contributed by atoms with Crippen LogP contribution in [0.15, 0.2) is 11.3 Å². The monoisotopic (exact) mass is 470 g/mol. The first-order valence-corrected chi connectivity index (χ1v) is 10.8. The minimum absolute atomic E-state index is 0.0978. The van der Waals surface area contributed by atoms with Crippen molar-refractivity contribution in [2.45, 2.75) is 37.4 Å². The standard InChI is InChI=1S/C17H26N8O6S/c18-8(16(30)31)1-2-11(26)23-10(15(29)20-5-12(27)28)6-32-4-3-9-13-14(22-7-21-13)25-17(19)24-9/h7-10H,1-6,18H2,(H,20,29)(H,21,22)(H,23,26)(H,27,28)(H,30,31)(H3,19,24,25)/t8-,9?,10-/m0/s1. The van der Waals surface area contributed by atoms with E-state index in [0.717, 1.165) is 5.69 Å². The maximum absolute atomic E-state index is 12.3. The fourth-order valence-corrected chi connectivity index (χ4v) is 3.82. The Morgan fingerprint density at radius 2 is 2.03 bits per heavy atom. The summed E-state index contributed by atoms with van der Waals surface area (Å²) in [4.78, 5) is 57.4. The number of guanidine groups is 1. The first kappa shape index (κ1) is 24.9. The lowest BCUT2D eigenvalue weighted by atomic mass is 10.1. The van der Waals surface area contributed by atoms with Gasteiger partial charge in [-0.2, -0.15) is 11.8 Å². The number of imidazole rings is 1. The van der Waals surface area contributed by atoms with E-state index < -0.39 is 42.4 Å². The molecule has 1 aliphatic rings. The SMILES string of the molecule is NC1=NC(CCSC[C@H](NC(=O)CC[C@H](N)C(=O)O)C(=O)NCC(=O)O)c2[nH]cnc2N1. The number of aliphatic carboxylic acids is 2. The molecule has 0 saturated carbocycles. The summed E-state index contributed by atoms with van der Waals surface area (Å²) in [5.41, 5.74) is 11.9. The molecule has 0 aromatic carbocycles. The van der Waals surface area contributed by atoms with Gasteiger partial charge in [0.05, 0.1) is 18.1 Å². The van der Waals surface area contributed by atoms with Crippen LogP contribution in [0.1, 0.15) is 31.0 Å². The van der Waals surface area contributed by atoms with Gasteiger partial charge in [-0.3, -0.25) is 19.2 Å². The van der Waals surface area contributed by atoms with E-state index in [9.17, 15) is 19.2 Å². The molecule has 2 rings (SSSR count). The number of carbonyl (C=O) groups excluding carboxylic acids is 2. The summed E-state index contributed by atoms with van der Waals surface area (Å²) in [6.45, 7) is -0.592. The molecule has 0 radical (unpaired) electrons. The number of nitrogens with two attached hydrogens (primary N) is 2. The van der Waals surface area contributed by atoms with Crippen molar-refractivity contribution in [1.82, 2.24) is 20.6 Å². The average molecular weight is 471 g/mol. The number of carbonyl (C=O) groups is 4. The fraction of sp³-hybridized carbons (Fsp3) is 0.529. The first-order valence-electron chi connectivity index (χ1n) is 9.66. The lowest BCUT2D eigenvalue weighted by Crippen LogP contribution is -2.49. The zero-order valence-electron chi connectivity index (χ0n) is 17.0. The van der Waals surface area contributed by atoms with Crippen LogP contribution in [0.3, 0.4) is 0 Å². The second kappa shape index (κ2) is 11.9. The van der Waals surface area contributed by atoms with Crippen LogP contribution in [0.25, 0.3) is 0 Å². The van der Waals surface area contributed by atoms with Gasteiger partial charge in [0, 0.05) is 12.2 Å². The normalized spacial score (nSPS) is 16.7. The Labute approximate surface area is 187 Å². The maximum Gasteiger partial charge on any atom is 0.322 e. The highest BCUT2D eigenvalue weighted by atomic mass is 32.2. The molecule has 2 amide bonds. The highest BCUT2D eigenvalue weighted by molar-refractivity contribution is 7.99. The number of rotatable bonds is 13. The number of hydrogen-bond donors (Lipinski definition) is 8. The van der Waals surface area contributed by atoms with Gasteiger partial charge in [-0.05, 0) is 18.6 Å². The van der Waals surface area contributed by atoms with Crippen LogP contribution < -0.4 is 27.4 Å². The Bertz CT molecular complexity index is 875. The van der Waals surface area contributed by atoms with Crippen LogP contribution in [0, 0.1) is 0 Å². The van der Waals surface area contributed by atoms with Gasteiger partial charge in [-0.25, -0.2) is 9.98 Å². The molecule has 1 aromatic heterocycles. The van der Waals surface area contributed by atoms with Gasteiger partial charge in [0.25, 0.3) is 0 Å². The number of H-pyrrole nitrogens is 1. The highest BCUT2D eigenvalue weighted by Crippen LogP contribution is 2.29. The van der Waals surface area contributed by atoms with Gasteiger partial charge in [0.1, 0.15) is 18.6 Å². The van der Waals surface area contributed by atoms with Crippen LogP contribution >= 0.6 is 11.8 Å². The molecule has 15 heteroatoms. The number of anilines is 1. The van der Waals surface area contributed by atoms with Crippen LogP contribution in [0.5, 0.6) is 0 Å². The summed E-state index contributed by atoms with van der Waals surface area (Å²) in [5.74, 6) is -2.09. The number of aromatic nitrogens is 2. The number of fused-ring (bicyclic) bond motifs is 1. The van der Waals surface area contributed by atoms with E-state index in [1.807, 2.05) is 0 Å². The minimum atomic E-state index is -1.23. The van der Waals surface area contributed by atoms with Crippen LogP contribution in [0.2, 0.25) is 0 Å². The van der Waals surface area contributed by atoms with Gasteiger partial charge >= 0.3 is 11.9 Å². The number of nitrogens with zero attached hydrogens (tertiary/aromatic N) is 2. The van der Waals surface area contributed by atoms with Crippen molar-refractivity contribution in [3.05, 3.63) is 12.0 Å². The molecule has 0 spiro atoms. The number of carboxylic acid groups (broad SMARTS) is 2. The summed E-state index contributed by atoms with van der Waals surface area (Å²) >= 11 is 1.36. The Morgan fingerprint density at radius 3 is 2.72 bits per heavy atom. The van der Waals surface area contributed by atoms with Crippen molar-refractivity contribution in [2.24, 2.45) is 16.5 Å². The molecule has 1 unspecified atom stereocenters. The van der Waals surface area contributed by atoms with Gasteiger partial charge in [-0.1, -0.05) is 0 Å². The maximum atomic E-state index is 12.3. The van der Waals surface area contributed by atoms with Crippen molar-refractivity contribution in [3.63, 3.8) is 0 Å². The van der Waals surface area contributed by atoms with Crippen molar-refractivity contribution >= 4 is 47.3 Å². The summed E-state index contributed by atoms with van der Waals surface area (Å²) in [7, 11) is 0. The van der Waals surface area contributed by atoms with Crippen LogP contribution in [-0.2, 0) is 19.2 Å². The highest BCUT2D eigenvalue weighted by Gasteiger charge is 2.25. The van der Waals surface area contributed by atoms with Gasteiger partial charge in [-0.15, -0.1) is 0 Å². The van der Waals surface area contributed by atoms with E-state index in [2.05, 4.69) is 30.9 Å². The molecule has 32 heavy (non-hydrogen) atoms. The summed E-state index contributed by atoms with van der Waals surface area (Å²) < 4.78 is 0. The Balaban J connectivity index is 1.87. The summed E-state index contributed by atoms with van der Waals surface area (Å²) in [5, 5.41) is 25.1. The molecular formula is C17H26N8O6S. The third-order valence-electron chi connectivity index (χ3n) is 4.43. The Kier molecular flexibility index (Phi) is 9.27. The summed E-state index contributed by atoms with van der Waals surface area (Å²) in [6, 6.07) is -2.44. The van der Waals surface area contributed by atoms with E-state index in [0.29, 0.717) is 18.0 Å². The number of aromatic amines is 1. The molecule has 176 valence electrons. The second-order valence-corrected chi connectivity index (χ2v) is 8.05. The van der Waals surface area contributed by atoms with E-state index in [4.69, 9.17) is 21.7 Å². The van der Waals surface area contributed by atoms with Crippen LogP contribution in [-0.4, -0.2) is 80.0 Å². The largest absolute Gasteiger partial charge is 0.480 e. The molecule has 0 saturated heterocycles. The van der Waals surface area contributed by atoms with Crippen molar-refractivity contribution in [1.29, 1.82) is 0 Å². The van der Waals surface area contributed by atoms with E-state index >= 15 is 0 Å². The molecule has 0 bridgehead atoms. The van der Waals surface area contributed by atoms with Gasteiger partial charge in [0.15, 0.2) is 11.8 Å². The Hall–Kier alpha value is -3.33. The third kappa shape index (κ3) is 7.73. The minimum Gasteiger partial charge on any atom is -0.480 e. The number of thioether (sulfide) groups is 1. The third-order valence-corrected chi connectivity index (χ3v) is 5.52. The van der Waals surface area contributed by atoms with Gasteiger partial charge in [0.2, 0.25) is 11.8 Å². The molecule has 1 aliphatic heterocycles. The number of amides is 2. The number of nitrogens with one attached hydrogen (secondary N) is 4. The van der Waals surface area contributed by atoms with Crippen molar-refractivity contribution in [3.8, 4) is 0 Å². The molecule has 0 fully saturated rings. The number of carboxylic acids is 2. The van der Waals surface area contributed by atoms with Crippen molar-refractivity contribution < 1.29 is 29.4 Å². The zero-order valence-corrected chi connectivity index (χ0v) is 17.9. The summed E-state index contributed by atoms with van der Waals surface area (Å²) in [6.07, 6.45) is 1.82. The number of hydrogen-bond acceptors (Lipinski definition) is 10. The predicted octanol–water partition coefficient (Wildman–Crippen LogP) is -1.81. The zero-order chi connectivity index (χ0) is 23.7. The topological polar surface area (TPSA) is 238 Å². The molecule has 14 nitrogen and oxygen atoms in total. The quantitative estimate of drug-likeness (QED) is 0.149. The average Bonchev–Trinajstić information content (AvgIpc) is 3.20. The fourth-order valence-electron chi connectivity index (χ4n) is 2.79. The van der Waals surface area contributed by atoms with Crippen LogP contribution in [0.4, 0.5) is 5.82 Å². The first-order chi connectivity index (χ1) is 15.2. The lowest BCUT2D eigenvalue weighted by molar-refractivity contribution is -0.139. The Morgan fingerprint density at radius 1 is 1.28 bits per heavy atom.